The van der Waals surface area contributed by atoms with E-state index >= 15 is 0 Å². The molecule has 1 aromatic heterocycles. The molecule has 0 amide bonds. The number of carbonyl (C=O) groups excluding carboxylic acids is 2. The number of hydrogen-bond donors (Lipinski definition) is 3. The summed E-state index contributed by atoms with van der Waals surface area (Å²) >= 11 is 0. The topological polar surface area (TPSA) is 169 Å². The average molecular weight is 519 g/mol. The van der Waals surface area contributed by atoms with Gasteiger partial charge in [-0.2, -0.15) is 0 Å². The quantitative estimate of drug-likeness (QED) is 0.437. The van der Waals surface area contributed by atoms with Gasteiger partial charge in [0.05, 0.1) is 24.1 Å². The molecule has 0 radical (unpaired) electrons. The van der Waals surface area contributed by atoms with Gasteiger partial charge in [0.1, 0.15) is 0 Å². The number of aliphatic hydroxyl groups is 2. The summed E-state index contributed by atoms with van der Waals surface area (Å²) in [6, 6.07) is 10.2. The van der Waals surface area contributed by atoms with E-state index in [1.165, 1.54) is 10.8 Å². The summed E-state index contributed by atoms with van der Waals surface area (Å²) in [5.41, 5.74) is 0. The summed E-state index contributed by atoms with van der Waals surface area (Å²) in [5.74, 6) is -2.87. The molecule has 2 atom stereocenters. The molecule has 0 aliphatic heterocycles. The smallest absolute Gasteiger partial charge is 0.547 e. The molecule has 1 aromatic carbocycles. The molecule has 9 heteroatoms. The molecule has 1 heterocycles. The number of nitrogens with zero attached hydrogens (tertiary/aromatic N) is 1. The molecule has 0 aliphatic rings. The van der Waals surface area contributed by atoms with Gasteiger partial charge in [-0.15, -0.1) is 0 Å². The minimum atomic E-state index is -1.44. The first-order valence-electron chi connectivity index (χ1n) is 6.32. The average Bonchev–Trinajstić information content (AvgIpc) is 2.48. The maximum absolute atomic E-state index is 9.34. The van der Waals surface area contributed by atoms with Crippen molar-refractivity contribution >= 4 is 22.7 Å². The van der Waals surface area contributed by atoms with Crippen molar-refractivity contribution in [3.8, 4) is 0 Å². The largest absolute Gasteiger partial charge is 2.00 e. The molecule has 0 saturated carbocycles. The summed E-state index contributed by atoms with van der Waals surface area (Å²) in [7, 11) is 0. The van der Waals surface area contributed by atoms with Crippen LogP contribution in [0, 0.1) is 0 Å². The second-order valence-electron chi connectivity index (χ2n) is 4.21. The number of benzene rings is 1. The van der Waals surface area contributed by atoms with E-state index in [9.17, 15) is 19.8 Å². The van der Waals surface area contributed by atoms with Crippen molar-refractivity contribution < 1.29 is 51.1 Å². The van der Waals surface area contributed by atoms with Crippen LogP contribution in [0.3, 0.4) is 0 Å². The Morgan fingerprint density at radius 3 is 1.67 bits per heavy atom. The van der Waals surface area contributed by atoms with Gasteiger partial charge in [-0.25, -0.2) is 0 Å². The minimum Gasteiger partial charge on any atom is -0.547 e. The van der Waals surface area contributed by atoms with Crippen LogP contribution in [0.25, 0.3) is 10.8 Å². The molecule has 5 N–H and O–H groups in total. The van der Waals surface area contributed by atoms with Crippen LogP contribution < -0.4 is 16.4 Å². The van der Waals surface area contributed by atoms with Crippen molar-refractivity contribution in [3.63, 3.8) is 0 Å². The van der Waals surface area contributed by atoms with Gasteiger partial charge < -0.3 is 36.2 Å². The molecular weight excluding hydrogens is 499 g/mol. The molecule has 0 spiro atoms. The Morgan fingerprint density at radius 1 is 0.958 bits per heavy atom. The van der Waals surface area contributed by atoms with Crippen LogP contribution in [0.4, 0.5) is 0 Å². The van der Waals surface area contributed by atoms with Gasteiger partial charge >= 0.3 is 21.1 Å². The molecule has 0 saturated heterocycles. The minimum absolute atomic E-state index is 0. The molecule has 136 valence electrons. The molecule has 0 fully saturated rings. The van der Waals surface area contributed by atoms with Gasteiger partial charge in [-0.1, -0.05) is 24.3 Å². The Hall–Kier alpha value is -1.86. The Balaban J connectivity index is -0.000000282. The van der Waals surface area contributed by atoms with E-state index < -0.39 is 24.1 Å². The normalized spacial score (nSPS) is 11.0. The molecule has 8 nitrogen and oxygen atoms in total. The number of pyridine rings is 1. The number of fused-ring (bicyclic) bond motifs is 1. The zero-order chi connectivity index (χ0) is 17.1. The van der Waals surface area contributed by atoms with Crippen molar-refractivity contribution in [1.29, 1.82) is 0 Å². The van der Waals surface area contributed by atoms with E-state index in [0.29, 0.717) is 0 Å². The number of aromatic nitrogens is 1. The Labute approximate surface area is 154 Å². The fourth-order valence-corrected chi connectivity index (χ4v) is 1.03. The van der Waals surface area contributed by atoms with Crippen molar-refractivity contribution in [2.24, 2.45) is 0 Å². The van der Waals surface area contributed by atoms with Crippen LogP contribution in [-0.2, 0) is 30.7 Å². The summed E-state index contributed by atoms with van der Waals surface area (Å²) in [4.78, 5) is 22.7. The maximum Gasteiger partial charge on any atom is 2.00 e. The van der Waals surface area contributed by atoms with Crippen LogP contribution in [0.15, 0.2) is 42.7 Å². The van der Waals surface area contributed by atoms with Gasteiger partial charge in [0.2, 0.25) is 0 Å². The molecule has 24 heavy (non-hydrogen) atoms. The van der Waals surface area contributed by atoms with E-state index in [1.54, 1.807) is 0 Å². The number of rotatable bonds is 2. The van der Waals surface area contributed by atoms with Gasteiger partial charge in [0, 0.05) is 12.4 Å². The first kappa shape index (κ1) is 27.0. The number of aliphatic hydroxyl groups excluding tert-OH is 2. The number of carboxylic acids is 2. The third-order valence-electron chi connectivity index (χ3n) is 2.23. The Kier molecular flexibility index (Phi) is 16.6. The van der Waals surface area contributed by atoms with Crippen molar-refractivity contribution in [2.45, 2.75) is 26.1 Å². The van der Waals surface area contributed by atoms with Crippen molar-refractivity contribution in [1.82, 2.24) is 11.1 Å². The first-order chi connectivity index (χ1) is 10.3. The molecule has 2 rings (SSSR count). The van der Waals surface area contributed by atoms with Crippen LogP contribution in [0.2, 0.25) is 0 Å². The van der Waals surface area contributed by atoms with Crippen LogP contribution in [0.1, 0.15) is 13.8 Å². The molecular formula is C15H20N2O6Pt. The third-order valence-corrected chi connectivity index (χ3v) is 2.23. The SMILES string of the molecule is CC(O)C(=O)[O-].CC(O)C(=O)[O-].N.[Pt+2].c1ccc2cnccc2c1. The van der Waals surface area contributed by atoms with Crippen LogP contribution in [-0.4, -0.2) is 39.3 Å². The molecule has 0 bridgehead atoms. The van der Waals surface area contributed by atoms with Gasteiger partial charge in [-0.3, -0.25) is 4.98 Å². The van der Waals surface area contributed by atoms with E-state index in [2.05, 4.69) is 17.1 Å². The predicted molar refractivity (Wildman–Crippen MR) is 80.1 cm³/mol. The number of carbonyl (C=O) groups is 2. The molecule has 0 aliphatic carbocycles. The fourth-order valence-electron chi connectivity index (χ4n) is 1.03. The Bertz CT molecular complexity index is 524. The third kappa shape index (κ3) is 12.7. The first-order valence-corrected chi connectivity index (χ1v) is 6.32. The zero-order valence-corrected chi connectivity index (χ0v) is 15.5. The standard InChI is InChI=1S/C9H7N.2C3H6O3.H3N.Pt/c1-2-4-9-7-10-6-5-8(9)3-1;2*1-2(4)3(5)6;;/h1-7H;2*2,4H,1H3,(H,5,6);1H3;/q;;;;+2/p-2. The maximum atomic E-state index is 9.34. The van der Waals surface area contributed by atoms with Crippen molar-refractivity contribution in [2.75, 3.05) is 0 Å². The summed E-state index contributed by atoms with van der Waals surface area (Å²) in [6.07, 6.45) is 0.993. The second kappa shape index (κ2) is 14.7. The summed E-state index contributed by atoms with van der Waals surface area (Å²) in [5, 5.41) is 37.1. The number of aliphatic carboxylic acids is 2. The van der Waals surface area contributed by atoms with Gasteiger partial charge in [0.15, 0.2) is 0 Å². The summed E-state index contributed by atoms with van der Waals surface area (Å²) < 4.78 is 0. The van der Waals surface area contributed by atoms with E-state index in [0.717, 1.165) is 13.8 Å². The Morgan fingerprint density at radius 2 is 1.33 bits per heavy atom. The fraction of sp³-hybridized carbons (Fsp3) is 0.267. The van der Waals surface area contributed by atoms with E-state index in [1.807, 2.05) is 30.6 Å². The molecule has 2 unspecified atom stereocenters. The summed E-state index contributed by atoms with van der Waals surface area (Å²) in [6.45, 7) is 2.27. The van der Waals surface area contributed by atoms with E-state index in [4.69, 9.17) is 10.2 Å². The predicted octanol–water partition coefficient (Wildman–Crippen LogP) is -1.37. The van der Waals surface area contributed by atoms with Gasteiger partial charge in [0.25, 0.3) is 0 Å². The molecule has 2 aromatic rings. The van der Waals surface area contributed by atoms with Crippen LogP contribution in [0.5, 0.6) is 0 Å². The number of hydrogen-bond acceptors (Lipinski definition) is 8. The second-order valence-corrected chi connectivity index (χ2v) is 4.21. The van der Waals surface area contributed by atoms with E-state index in [-0.39, 0.29) is 27.2 Å². The monoisotopic (exact) mass is 519 g/mol. The zero-order valence-electron chi connectivity index (χ0n) is 13.2. The van der Waals surface area contributed by atoms with Gasteiger partial charge in [-0.05, 0) is 30.7 Å². The number of carboxylic acid groups (broad SMARTS) is 2. The van der Waals surface area contributed by atoms with Crippen molar-refractivity contribution in [3.05, 3.63) is 42.7 Å². The van der Waals surface area contributed by atoms with Crippen LogP contribution >= 0.6 is 0 Å².